The van der Waals surface area contributed by atoms with E-state index >= 15 is 0 Å². The highest BCUT2D eigenvalue weighted by Crippen LogP contribution is 2.45. The number of carbonyl (C=O) groups excluding carboxylic acids is 1. The first-order chi connectivity index (χ1) is 29.8. The lowest BCUT2D eigenvalue weighted by atomic mass is 9.72. The lowest BCUT2D eigenvalue weighted by Crippen LogP contribution is -2.47. The Morgan fingerprint density at radius 2 is 1.81 bits per heavy atom. The van der Waals surface area contributed by atoms with Gasteiger partial charge in [0.15, 0.2) is 5.75 Å². The van der Waals surface area contributed by atoms with E-state index in [2.05, 4.69) is 62.6 Å². The number of aromatic amines is 1. The molecule has 3 aliphatic carbocycles. The smallest absolute Gasteiger partial charge is 0.312 e. The molecule has 2 bridgehead atoms. The van der Waals surface area contributed by atoms with Crippen molar-refractivity contribution in [2.45, 2.75) is 50.8 Å². The molecule has 15 heteroatoms. The number of hydrogen-bond donors (Lipinski definition) is 2. The van der Waals surface area contributed by atoms with Crippen LogP contribution in [-0.2, 0) is 10.0 Å². The quantitative estimate of drug-likeness (QED) is 0.0663. The summed E-state index contributed by atoms with van der Waals surface area (Å²) in [6, 6.07) is 20.3. The zero-order valence-electron chi connectivity index (χ0n) is 34.7. The van der Waals surface area contributed by atoms with Crippen molar-refractivity contribution in [1.29, 1.82) is 0 Å². The Balaban J connectivity index is 0.926. The average Bonchev–Trinajstić information content (AvgIpc) is 4.02. The van der Waals surface area contributed by atoms with E-state index in [4.69, 9.17) is 21.1 Å². The van der Waals surface area contributed by atoms with E-state index < -0.39 is 31.4 Å². The van der Waals surface area contributed by atoms with Crippen molar-refractivity contribution in [3.8, 4) is 17.2 Å². The molecule has 3 atom stereocenters. The molecule has 0 radical (unpaired) electrons. The molecule has 5 aromatic rings. The number of nitro groups is 1. The van der Waals surface area contributed by atoms with Crippen LogP contribution in [0.3, 0.4) is 0 Å². The second-order valence-electron chi connectivity index (χ2n) is 17.7. The molecule has 322 valence electrons. The minimum absolute atomic E-state index is 0.0232. The van der Waals surface area contributed by atoms with E-state index in [1.165, 1.54) is 35.0 Å². The fourth-order valence-corrected chi connectivity index (χ4v) is 10.5. The fourth-order valence-electron chi connectivity index (χ4n) is 9.43. The molecule has 1 amide bonds. The van der Waals surface area contributed by atoms with E-state index in [1.807, 2.05) is 18.2 Å². The van der Waals surface area contributed by atoms with Gasteiger partial charge >= 0.3 is 5.69 Å². The van der Waals surface area contributed by atoms with Crippen molar-refractivity contribution in [1.82, 2.24) is 19.6 Å². The predicted molar refractivity (Wildman–Crippen MR) is 239 cm³/mol. The van der Waals surface area contributed by atoms with Crippen molar-refractivity contribution in [3.63, 3.8) is 0 Å². The number of nitrogens with one attached hydrogen (secondary N) is 2. The SMILES string of the molecule is CC1(C)CCC(CN2CCN(c3ccc(C(=O)NS(=O)(=O)c4ccc(OCC5C[C@H]6C=CC5C6)c([N+](=O)[O-])c4)c(Oc4cnc5[nH]ccc5c4)c3)CC2)=C(c2ccc(Cl)cc2)C1. The number of amides is 1. The average molecular weight is 877 g/mol. The minimum atomic E-state index is -4.57. The van der Waals surface area contributed by atoms with Gasteiger partial charge in [-0.3, -0.25) is 19.8 Å². The number of nitrogens with zero attached hydrogens (tertiary/aromatic N) is 4. The molecule has 3 heterocycles. The van der Waals surface area contributed by atoms with Crippen molar-refractivity contribution in [2.24, 2.45) is 23.2 Å². The molecule has 9 rings (SSSR count). The molecule has 62 heavy (non-hydrogen) atoms. The lowest BCUT2D eigenvalue weighted by molar-refractivity contribution is -0.386. The summed E-state index contributed by atoms with van der Waals surface area (Å²) in [4.78, 5) is 37.1. The van der Waals surface area contributed by atoms with Gasteiger partial charge in [0.25, 0.3) is 15.9 Å². The number of carbonyl (C=O) groups is 1. The molecule has 1 saturated carbocycles. The highest BCUT2D eigenvalue weighted by molar-refractivity contribution is 7.90. The Bertz CT molecular complexity index is 2710. The van der Waals surface area contributed by atoms with Crippen molar-refractivity contribution in [3.05, 3.63) is 129 Å². The second-order valence-corrected chi connectivity index (χ2v) is 19.9. The molecule has 2 unspecified atom stereocenters. The van der Waals surface area contributed by atoms with Gasteiger partial charge in [0, 0.05) is 67.1 Å². The van der Waals surface area contributed by atoms with E-state index in [1.54, 1.807) is 30.5 Å². The Morgan fingerprint density at radius 3 is 2.55 bits per heavy atom. The Kier molecular flexibility index (Phi) is 11.3. The van der Waals surface area contributed by atoms with Crippen LogP contribution in [0.1, 0.15) is 61.9 Å². The lowest BCUT2D eigenvalue weighted by Gasteiger charge is -2.39. The largest absolute Gasteiger partial charge is 0.486 e. The minimum Gasteiger partial charge on any atom is -0.486 e. The first kappa shape index (κ1) is 41.6. The zero-order chi connectivity index (χ0) is 43.2. The number of pyridine rings is 1. The van der Waals surface area contributed by atoms with Gasteiger partial charge in [-0.2, -0.15) is 0 Å². The number of sulfonamides is 1. The molecule has 2 fully saturated rings. The van der Waals surface area contributed by atoms with E-state index in [9.17, 15) is 23.3 Å². The van der Waals surface area contributed by atoms with Crippen molar-refractivity contribution in [2.75, 3.05) is 44.2 Å². The number of halogens is 1. The first-order valence-corrected chi connectivity index (χ1v) is 23.0. The molecule has 3 aromatic carbocycles. The van der Waals surface area contributed by atoms with Crippen LogP contribution in [0, 0.1) is 33.3 Å². The van der Waals surface area contributed by atoms with Gasteiger partial charge in [-0.05, 0) is 115 Å². The highest BCUT2D eigenvalue weighted by Gasteiger charge is 2.37. The number of fused-ring (bicyclic) bond motifs is 3. The van der Waals surface area contributed by atoms with E-state index in [0.29, 0.717) is 29.8 Å². The topological polar surface area (TPSA) is 160 Å². The maximum atomic E-state index is 13.9. The number of anilines is 1. The van der Waals surface area contributed by atoms with Crippen LogP contribution in [0.2, 0.25) is 5.02 Å². The Morgan fingerprint density at radius 1 is 1.00 bits per heavy atom. The van der Waals surface area contributed by atoms with Crippen LogP contribution < -0.4 is 19.1 Å². The molecule has 13 nitrogen and oxygen atoms in total. The van der Waals surface area contributed by atoms with Gasteiger partial charge in [-0.15, -0.1) is 0 Å². The number of hydrogen-bond acceptors (Lipinski definition) is 10. The molecular weight excluding hydrogens is 828 g/mol. The number of rotatable bonds is 13. The monoisotopic (exact) mass is 876 g/mol. The second kappa shape index (κ2) is 16.9. The zero-order valence-corrected chi connectivity index (χ0v) is 36.3. The summed E-state index contributed by atoms with van der Waals surface area (Å²) in [5.74, 6) is 0.631. The first-order valence-electron chi connectivity index (χ1n) is 21.1. The number of benzene rings is 3. The van der Waals surface area contributed by atoms with Gasteiger partial charge in [-0.25, -0.2) is 18.1 Å². The summed E-state index contributed by atoms with van der Waals surface area (Å²) in [5, 5.41) is 13.6. The van der Waals surface area contributed by atoms with Crippen LogP contribution in [0.4, 0.5) is 11.4 Å². The number of allylic oxidation sites excluding steroid dienone is 3. The van der Waals surface area contributed by atoms with Crippen LogP contribution in [0.25, 0.3) is 16.6 Å². The van der Waals surface area contributed by atoms with Crippen LogP contribution in [0.5, 0.6) is 17.2 Å². The van der Waals surface area contributed by atoms with Crippen LogP contribution in [-0.4, -0.2) is 73.4 Å². The maximum Gasteiger partial charge on any atom is 0.312 e. The molecule has 0 spiro atoms. The molecule has 2 aromatic heterocycles. The third-order valence-corrected chi connectivity index (χ3v) is 14.5. The van der Waals surface area contributed by atoms with Gasteiger partial charge in [0.2, 0.25) is 0 Å². The van der Waals surface area contributed by atoms with Crippen molar-refractivity contribution < 1.29 is 27.6 Å². The standard InChI is InChI=1S/C47H49ClN6O7S/c1-47(2)15-13-34(41(26-47)31-5-7-36(48)8-6-31)28-52-17-19-53(20-18-52)37-9-11-40(44(24-37)61-38-23-33-14-16-49-45(33)50-27-38)46(55)51-62(58,59)39-10-12-43(42(25-39)54(56)57)60-29-35-22-30-3-4-32(35)21-30/h3-12,14,16,23-25,27,30,32,35H,13,15,17-22,26,28-29H2,1-2H3,(H,49,50)(H,51,55)/t30-,32?,35?/m0/s1. The summed E-state index contributed by atoms with van der Waals surface area (Å²) in [6.07, 6.45) is 12.9. The van der Waals surface area contributed by atoms with Gasteiger partial charge in [0.1, 0.15) is 17.1 Å². The third-order valence-electron chi connectivity index (χ3n) is 12.9. The number of aromatic nitrogens is 2. The van der Waals surface area contributed by atoms with Crippen LogP contribution in [0.15, 0.2) is 108 Å². The molecular formula is C47H49ClN6O7S. The van der Waals surface area contributed by atoms with Gasteiger partial charge < -0.3 is 19.4 Å². The maximum absolute atomic E-state index is 13.9. The van der Waals surface area contributed by atoms with E-state index in [0.717, 1.165) is 87.0 Å². The third kappa shape index (κ3) is 8.95. The number of ether oxygens (including phenoxy) is 2. The predicted octanol–water partition coefficient (Wildman–Crippen LogP) is 9.41. The summed E-state index contributed by atoms with van der Waals surface area (Å²) < 4.78 is 41.7. The number of piperazine rings is 1. The van der Waals surface area contributed by atoms with Gasteiger partial charge in [-0.1, -0.05) is 55.3 Å². The summed E-state index contributed by atoms with van der Waals surface area (Å²) in [5.41, 5.74) is 5.26. The number of nitro benzene ring substituents is 1. The van der Waals surface area contributed by atoms with E-state index in [-0.39, 0.29) is 28.4 Å². The fraction of sp³-hybridized carbons (Fsp3) is 0.362. The molecule has 2 N–H and O–H groups in total. The summed E-state index contributed by atoms with van der Waals surface area (Å²) in [7, 11) is -4.57. The highest BCUT2D eigenvalue weighted by atomic mass is 35.5. The molecule has 1 saturated heterocycles. The molecule has 1 aliphatic heterocycles. The molecule has 4 aliphatic rings. The normalized spacial score (nSPS) is 21.1. The van der Waals surface area contributed by atoms with Crippen LogP contribution >= 0.6 is 11.6 Å². The van der Waals surface area contributed by atoms with Gasteiger partial charge in [0.05, 0.1) is 28.2 Å². The Labute approximate surface area is 366 Å². The van der Waals surface area contributed by atoms with Crippen molar-refractivity contribution >= 4 is 55.5 Å². The number of H-pyrrole nitrogens is 1. The Hall–Kier alpha value is -5.70. The summed E-state index contributed by atoms with van der Waals surface area (Å²) in [6.45, 7) is 8.93. The summed E-state index contributed by atoms with van der Waals surface area (Å²) >= 11 is 6.24.